The molecule has 0 spiro atoms. The molecule has 0 radical (unpaired) electrons. The molecular formula is C19H29N2O5+. The SMILES string of the molecule is CCOC(=O)N1CCC([NH2+]C[C@@H](O)COc2ccc(C(C)=O)cc2)CC1. The number of ether oxygens (including phenoxy) is 2. The fourth-order valence-electron chi connectivity index (χ4n) is 2.93. The van der Waals surface area contributed by atoms with Crippen LogP contribution >= 0.6 is 0 Å². The fraction of sp³-hybridized carbons (Fsp3) is 0.579. The van der Waals surface area contributed by atoms with Gasteiger partial charge in [0.15, 0.2) is 5.78 Å². The van der Waals surface area contributed by atoms with Crippen LogP contribution in [0.15, 0.2) is 24.3 Å². The number of Topliss-reactive ketones (excluding diaryl/α,β-unsaturated/α-hetero) is 1. The summed E-state index contributed by atoms with van der Waals surface area (Å²) in [5.74, 6) is 0.650. The third-order valence-corrected chi connectivity index (χ3v) is 4.51. The Bertz CT molecular complexity index is 582. The molecule has 1 aliphatic rings. The third-order valence-electron chi connectivity index (χ3n) is 4.51. The normalized spacial score (nSPS) is 16.2. The number of nitrogens with zero attached hydrogens (tertiary/aromatic N) is 1. The van der Waals surface area contributed by atoms with Gasteiger partial charge < -0.3 is 24.8 Å². The van der Waals surface area contributed by atoms with Gasteiger partial charge in [0.2, 0.25) is 0 Å². The van der Waals surface area contributed by atoms with E-state index in [4.69, 9.17) is 9.47 Å². The Hall–Kier alpha value is -2.12. The highest BCUT2D eigenvalue weighted by Crippen LogP contribution is 2.13. The first-order valence-corrected chi connectivity index (χ1v) is 9.16. The topological polar surface area (TPSA) is 92.7 Å². The number of benzene rings is 1. The first-order valence-electron chi connectivity index (χ1n) is 9.16. The van der Waals surface area contributed by atoms with Gasteiger partial charge in [0, 0.05) is 31.5 Å². The van der Waals surface area contributed by atoms with E-state index in [1.807, 2.05) is 0 Å². The van der Waals surface area contributed by atoms with Crippen LogP contribution in [-0.4, -0.2) is 66.9 Å². The number of carbonyl (C=O) groups is 2. The van der Waals surface area contributed by atoms with Crippen LogP contribution in [-0.2, 0) is 4.74 Å². The van der Waals surface area contributed by atoms with E-state index in [2.05, 4.69) is 5.32 Å². The second kappa shape index (κ2) is 10.1. The molecule has 1 saturated heterocycles. The predicted molar refractivity (Wildman–Crippen MR) is 96.4 cm³/mol. The molecule has 0 saturated carbocycles. The van der Waals surface area contributed by atoms with E-state index < -0.39 is 6.10 Å². The van der Waals surface area contributed by atoms with Gasteiger partial charge in [0.1, 0.15) is 25.0 Å². The molecular weight excluding hydrogens is 336 g/mol. The Balaban J connectivity index is 1.64. The van der Waals surface area contributed by atoms with Gasteiger partial charge in [-0.3, -0.25) is 4.79 Å². The highest BCUT2D eigenvalue weighted by atomic mass is 16.6. The number of nitrogens with two attached hydrogens (primary N) is 1. The zero-order valence-electron chi connectivity index (χ0n) is 15.5. The summed E-state index contributed by atoms with van der Waals surface area (Å²) in [6.07, 6.45) is 0.957. The lowest BCUT2D eigenvalue weighted by Crippen LogP contribution is -2.92. The molecule has 1 atom stereocenters. The van der Waals surface area contributed by atoms with E-state index in [1.165, 1.54) is 6.92 Å². The maximum Gasteiger partial charge on any atom is 0.409 e. The zero-order valence-corrected chi connectivity index (χ0v) is 15.5. The van der Waals surface area contributed by atoms with Crippen LogP contribution in [0.25, 0.3) is 0 Å². The molecule has 1 aliphatic heterocycles. The van der Waals surface area contributed by atoms with Gasteiger partial charge in [0.25, 0.3) is 0 Å². The molecule has 7 nitrogen and oxygen atoms in total. The Morgan fingerprint density at radius 3 is 2.50 bits per heavy atom. The number of likely N-dealkylation sites (tertiary alicyclic amines) is 1. The summed E-state index contributed by atoms with van der Waals surface area (Å²) in [7, 11) is 0. The van der Waals surface area contributed by atoms with Crippen LogP contribution in [0.2, 0.25) is 0 Å². The number of quaternary nitrogens is 1. The largest absolute Gasteiger partial charge is 0.491 e. The van der Waals surface area contributed by atoms with Crippen LogP contribution in [0.3, 0.4) is 0 Å². The number of rotatable bonds is 8. The van der Waals surface area contributed by atoms with Crippen molar-refractivity contribution in [2.75, 3.05) is 32.8 Å². The van der Waals surface area contributed by atoms with Crippen LogP contribution < -0.4 is 10.1 Å². The average Bonchev–Trinajstić information content (AvgIpc) is 2.65. The van der Waals surface area contributed by atoms with E-state index in [9.17, 15) is 14.7 Å². The monoisotopic (exact) mass is 365 g/mol. The van der Waals surface area contributed by atoms with Crippen molar-refractivity contribution in [3.63, 3.8) is 0 Å². The van der Waals surface area contributed by atoms with Gasteiger partial charge >= 0.3 is 6.09 Å². The Morgan fingerprint density at radius 2 is 1.92 bits per heavy atom. The Morgan fingerprint density at radius 1 is 1.27 bits per heavy atom. The third kappa shape index (κ3) is 6.31. The predicted octanol–water partition coefficient (Wildman–Crippen LogP) is 0.813. The van der Waals surface area contributed by atoms with E-state index in [1.54, 1.807) is 36.1 Å². The molecule has 26 heavy (non-hydrogen) atoms. The lowest BCUT2D eigenvalue weighted by atomic mass is 10.1. The standard InChI is InChI=1S/C19H28N2O5/c1-3-25-19(24)21-10-8-16(9-11-21)20-12-17(23)13-26-18-6-4-15(5-7-18)14(2)22/h4-7,16-17,20,23H,3,8-13H2,1-2H3/p+1/t17-/m1/s1. The number of carbonyl (C=O) groups excluding carboxylic acids is 2. The van der Waals surface area contributed by atoms with Crippen molar-refractivity contribution in [2.45, 2.75) is 38.8 Å². The van der Waals surface area contributed by atoms with E-state index in [0.717, 1.165) is 12.8 Å². The lowest BCUT2D eigenvalue weighted by Gasteiger charge is -2.30. The van der Waals surface area contributed by atoms with Gasteiger partial charge in [-0.05, 0) is 38.1 Å². The van der Waals surface area contributed by atoms with Gasteiger partial charge in [0.05, 0.1) is 12.6 Å². The highest BCUT2D eigenvalue weighted by Gasteiger charge is 2.25. The van der Waals surface area contributed by atoms with Crippen LogP contribution in [0.4, 0.5) is 4.79 Å². The van der Waals surface area contributed by atoms with Crippen molar-refractivity contribution in [1.82, 2.24) is 4.90 Å². The maximum atomic E-state index is 11.7. The van der Waals surface area contributed by atoms with E-state index in [0.29, 0.717) is 43.6 Å². The molecule has 1 amide bonds. The molecule has 1 heterocycles. The average molecular weight is 365 g/mol. The zero-order chi connectivity index (χ0) is 18.9. The molecule has 0 aliphatic carbocycles. The molecule has 1 aromatic rings. The molecule has 3 N–H and O–H groups in total. The van der Waals surface area contributed by atoms with Gasteiger partial charge in [-0.15, -0.1) is 0 Å². The Kier molecular flexibility index (Phi) is 7.87. The van der Waals surface area contributed by atoms with Crippen molar-refractivity contribution in [1.29, 1.82) is 0 Å². The summed E-state index contributed by atoms with van der Waals surface area (Å²) in [4.78, 5) is 24.6. The van der Waals surface area contributed by atoms with Crippen molar-refractivity contribution >= 4 is 11.9 Å². The summed E-state index contributed by atoms with van der Waals surface area (Å²) in [5, 5.41) is 12.2. The summed E-state index contributed by atoms with van der Waals surface area (Å²) in [6, 6.07) is 7.29. The molecule has 1 aromatic carbocycles. The van der Waals surface area contributed by atoms with Crippen LogP contribution in [0.5, 0.6) is 5.75 Å². The summed E-state index contributed by atoms with van der Waals surface area (Å²) >= 11 is 0. The van der Waals surface area contributed by atoms with E-state index >= 15 is 0 Å². The first kappa shape index (κ1) is 20.2. The fourth-order valence-corrected chi connectivity index (χ4v) is 2.93. The minimum atomic E-state index is -0.578. The van der Waals surface area contributed by atoms with Crippen molar-refractivity contribution < 1.29 is 29.5 Å². The van der Waals surface area contributed by atoms with Crippen LogP contribution in [0, 0.1) is 0 Å². The number of aliphatic hydroxyl groups excluding tert-OH is 1. The van der Waals surface area contributed by atoms with Crippen LogP contribution in [0.1, 0.15) is 37.0 Å². The van der Waals surface area contributed by atoms with Crippen molar-refractivity contribution in [3.05, 3.63) is 29.8 Å². The molecule has 7 heteroatoms. The molecule has 0 bridgehead atoms. The quantitative estimate of drug-likeness (QED) is 0.665. The van der Waals surface area contributed by atoms with Gasteiger partial charge in [-0.2, -0.15) is 0 Å². The second-order valence-electron chi connectivity index (χ2n) is 6.54. The molecule has 144 valence electrons. The summed E-state index contributed by atoms with van der Waals surface area (Å²) < 4.78 is 10.6. The first-order chi connectivity index (χ1) is 12.5. The summed E-state index contributed by atoms with van der Waals surface area (Å²) in [6.45, 7) is 5.86. The van der Waals surface area contributed by atoms with Crippen molar-refractivity contribution in [3.8, 4) is 5.75 Å². The molecule has 0 unspecified atom stereocenters. The lowest BCUT2D eigenvalue weighted by molar-refractivity contribution is -0.697. The number of aliphatic hydroxyl groups is 1. The van der Waals surface area contributed by atoms with Gasteiger partial charge in [-0.25, -0.2) is 4.79 Å². The number of amides is 1. The minimum absolute atomic E-state index is 0.0141. The number of hydrogen-bond donors (Lipinski definition) is 2. The number of piperidine rings is 1. The summed E-state index contributed by atoms with van der Waals surface area (Å²) in [5.41, 5.74) is 0.639. The number of hydrogen-bond acceptors (Lipinski definition) is 5. The molecule has 2 rings (SSSR count). The maximum absolute atomic E-state index is 11.7. The highest BCUT2D eigenvalue weighted by molar-refractivity contribution is 5.94. The van der Waals surface area contributed by atoms with Crippen molar-refractivity contribution in [2.24, 2.45) is 0 Å². The Labute approximate surface area is 154 Å². The minimum Gasteiger partial charge on any atom is -0.491 e. The molecule has 1 fully saturated rings. The molecule has 0 aromatic heterocycles. The second-order valence-corrected chi connectivity index (χ2v) is 6.54. The smallest absolute Gasteiger partial charge is 0.409 e. The number of ketones is 1. The van der Waals surface area contributed by atoms with Gasteiger partial charge in [-0.1, -0.05) is 0 Å². The van der Waals surface area contributed by atoms with E-state index in [-0.39, 0.29) is 18.5 Å².